The van der Waals surface area contributed by atoms with Crippen LogP contribution >= 0.6 is 0 Å². The van der Waals surface area contributed by atoms with E-state index < -0.39 is 10.0 Å². The lowest BCUT2D eigenvalue weighted by molar-refractivity contribution is 0.101. The van der Waals surface area contributed by atoms with Crippen molar-refractivity contribution in [2.75, 3.05) is 6.54 Å². The van der Waals surface area contributed by atoms with Crippen LogP contribution < -0.4 is 0 Å². The van der Waals surface area contributed by atoms with E-state index in [-0.39, 0.29) is 16.7 Å². The van der Waals surface area contributed by atoms with Crippen LogP contribution in [-0.2, 0) is 17.1 Å². The first-order valence-corrected chi connectivity index (χ1v) is 9.09. The van der Waals surface area contributed by atoms with Gasteiger partial charge in [0, 0.05) is 31.0 Å². The standard InChI is InChI=1S/C17H20N2O3S/c1-13(20)14-7-9-15(10-8-14)23(21,22)19-12-4-6-17(19)16-5-3-11-18(16)2/h3,5,7-11,17H,4,6,12H2,1-2H3/t17-/m1/s1. The lowest BCUT2D eigenvalue weighted by Gasteiger charge is -2.24. The van der Waals surface area contributed by atoms with Crippen molar-refractivity contribution in [3.63, 3.8) is 0 Å². The maximum absolute atomic E-state index is 13.0. The van der Waals surface area contributed by atoms with E-state index in [9.17, 15) is 13.2 Å². The lowest BCUT2D eigenvalue weighted by Crippen LogP contribution is -2.31. The van der Waals surface area contributed by atoms with Crippen molar-refractivity contribution in [3.8, 4) is 0 Å². The Morgan fingerprint density at radius 1 is 1.17 bits per heavy atom. The third kappa shape index (κ3) is 2.84. The summed E-state index contributed by atoms with van der Waals surface area (Å²) in [5.41, 5.74) is 1.52. The summed E-state index contributed by atoms with van der Waals surface area (Å²) in [6.45, 7) is 1.99. The van der Waals surface area contributed by atoms with Crippen molar-refractivity contribution < 1.29 is 13.2 Å². The van der Waals surface area contributed by atoms with Gasteiger partial charge in [0.1, 0.15) is 0 Å². The lowest BCUT2D eigenvalue weighted by atomic mass is 10.1. The van der Waals surface area contributed by atoms with E-state index in [0.29, 0.717) is 12.1 Å². The number of aromatic nitrogens is 1. The Balaban J connectivity index is 1.95. The van der Waals surface area contributed by atoms with Crippen LogP contribution in [0.2, 0.25) is 0 Å². The second-order valence-electron chi connectivity index (χ2n) is 5.90. The predicted molar refractivity (Wildman–Crippen MR) is 87.7 cm³/mol. The average Bonchev–Trinajstić information content (AvgIpc) is 3.15. The van der Waals surface area contributed by atoms with Crippen molar-refractivity contribution in [1.29, 1.82) is 0 Å². The Kier molecular flexibility index (Phi) is 4.12. The van der Waals surface area contributed by atoms with Crippen LogP contribution in [0.4, 0.5) is 0 Å². The first-order valence-electron chi connectivity index (χ1n) is 7.65. The SMILES string of the molecule is CC(=O)c1ccc(S(=O)(=O)N2CCC[C@@H]2c2cccn2C)cc1. The Labute approximate surface area is 136 Å². The second-order valence-corrected chi connectivity index (χ2v) is 7.79. The Bertz CT molecular complexity index is 822. The molecular weight excluding hydrogens is 312 g/mol. The Hall–Kier alpha value is -1.92. The minimum absolute atomic E-state index is 0.0724. The van der Waals surface area contributed by atoms with Gasteiger partial charge in [-0.3, -0.25) is 4.79 Å². The summed E-state index contributed by atoms with van der Waals surface area (Å²) < 4.78 is 29.5. The number of aryl methyl sites for hydroxylation is 1. The van der Waals surface area contributed by atoms with Gasteiger partial charge in [-0.25, -0.2) is 8.42 Å². The molecule has 122 valence electrons. The summed E-state index contributed by atoms with van der Waals surface area (Å²) in [7, 11) is -1.63. The first kappa shape index (κ1) is 16.0. The molecule has 23 heavy (non-hydrogen) atoms. The molecule has 0 spiro atoms. The number of carbonyl (C=O) groups excluding carboxylic acids is 1. The molecule has 1 aromatic heterocycles. The van der Waals surface area contributed by atoms with Gasteiger partial charge < -0.3 is 4.57 Å². The highest BCUT2D eigenvalue weighted by Crippen LogP contribution is 2.36. The number of hydrogen-bond acceptors (Lipinski definition) is 3. The number of benzene rings is 1. The molecule has 1 aliphatic rings. The summed E-state index contributed by atoms with van der Waals surface area (Å²) in [6, 6.07) is 9.95. The number of Topliss-reactive ketones (excluding diaryl/α,β-unsaturated/α-hetero) is 1. The molecule has 0 radical (unpaired) electrons. The topological polar surface area (TPSA) is 59.4 Å². The molecule has 2 heterocycles. The van der Waals surface area contributed by atoms with Crippen molar-refractivity contribution in [2.45, 2.75) is 30.7 Å². The normalized spacial score (nSPS) is 19.1. The van der Waals surface area contributed by atoms with E-state index in [1.807, 2.05) is 29.9 Å². The van der Waals surface area contributed by atoms with E-state index >= 15 is 0 Å². The minimum atomic E-state index is -3.56. The highest BCUT2D eigenvalue weighted by molar-refractivity contribution is 7.89. The molecule has 1 atom stereocenters. The molecule has 6 heteroatoms. The first-order chi connectivity index (χ1) is 10.9. The summed E-state index contributed by atoms with van der Waals surface area (Å²) in [6.07, 6.45) is 3.60. The quantitative estimate of drug-likeness (QED) is 0.809. The monoisotopic (exact) mass is 332 g/mol. The van der Waals surface area contributed by atoms with E-state index in [1.54, 1.807) is 16.4 Å². The minimum Gasteiger partial charge on any atom is -0.353 e. The molecular formula is C17H20N2O3S. The zero-order chi connectivity index (χ0) is 16.6. The molecule has 5 nitrogen and oxygen atoms in total. The fourth-order valence-corrected chi connectivity index (χ4v) is 4.81. The van der Waals surface area contributed by atoms with Gasteiger partial charge in [-0.05, 0) is 44.0 Å². The van der Waals surface area contributed by atoms with E-state index in [2.05, 4.69) is 0 Å². The molecule has 1 saturated heterocycles. The Morgan fingerprint density at radius 3 is 2.43 bits per heavy atom. The van der Waals surface area contributed by atoms with Gasteiger partial charge in [-0.15, -0.1) is 0 Å². The summed E-state index contributed by atoms with van der Waals surface area (Å²) in [5, 5.41) is 0. The number of carbonyl (C=O) groups is 1. The van der Waals surface area contributed by atoms with Crippen LogP contribution in [0.1, 0.15) is 41.9 Å². The van der Waals surface area contributed by atoms with Gasteiger partial charge in [0.15, 0.2) is 5.78 Å². The molecule has 1 aliphatic heterocycles. The fourth-order valence-electron chi connectivity index (χ4n) is 3.14. The van der Waals surface area contributed by atoms with Crippen molar-refractivity contribution in [1.82, 2.24) is 8.87 Å². The van der Waals surface area contributed by atoms with E-state index in [0.717, 1.165) is 18.5 Å². The highest BCUT2D eigenvalue weighted by Gasteiger charge is 2.37. The Morgan fingerprint density at radius 2 is 1.87 bits per heavy atom. The zero-order valence-corrected chi connectivity index (χ0v) is 14.1. The number of sulfonamides is 1. The second kappa shape index (κ2) is 5.94. The summed E-state index contributed by atoms with van der Waals surface area (Å²) in [5.74, 6) is -0.0724. The fraction of sp³-hybridized carbons (Fsp3) is 0.353. The molecule has 0 saturated carbocycles. The average molecular weight is 332 g/mol. The van der Waals surface area contributed by atoms with E-state index in [4.69, 9.17) is 0 Å². The van der Waals surface area contributed by atoms with Crippen LogP contribution in [-0.4, -0.2) is 29.6 Å². The van der Waals surface area contributed by atoms with Crippen molar-refractivity contribution in [3.05, 3.63) is 53.9 Å². The summed E-state index contributed by atoms with van der Waals surface area (Å²) in [4.78, 5) is 11.6. The van der Waals surface area contributed by atoms with Crippen LogP contribution in [0.3, 0.4) is 0 Å². The van der Waals surface area contributed by atoms with Crippen molar-refractivity contribution in [2.24, 2.45) is 7.05 Å². The van der Waals surface area contributed by atoms with Crippen LogP contribution in [0, 0.1) is 0 Å². The van der Waals surface area contributed by atoms with Crippen LogP contribution in [0.5, 0.6) is 0 Å². The predicted octanol–water partition coefficient (Wildman–Crippen LogP) is 2.75. The molecule has 1 aromatic carbocycles. The van der Waals surface area contributed by atoms with Gasteiger partial charge in [0.05, 0.1) is 10.9 Å². The van der Waals surface area contributed by atoms with Gasteiger partial charge in [0.25, 0.3) is 0 Å². The molecule has 0 unspecified atom stereocenters. The van der Waals surface area contributed by atoms with E-state index in [1.165, 1.54) is 19.1 Å². The highest BCUT2D eigenvalue weighted by atomic mass is 32.2. The smallest absolute Gasteiger partial charge is 0.243 e. The number of ketones is 1. The summed E-state index contributed by atoms with van der Waals surface area (Å²) >= 11 is 0. The molecule has 0 N–H and O–H groups in total. The van der Waals surface area contributed by atoms with Gasteiger partial charge in [-0.2, -0.15) is 4.31 Å². The third-order valence-corrected chi connectivity index (χ3v) is 6.32. The van der Waals surface area contributed by atoms with Gasteiger partial charge in [-0.1, -0.05) is 12.1 Å². The zero-order valence-electron chi connectivity index (χ0n) is 13.3. The number of hydrogen-bond donors (Lipinski definition) is 0. The maximum atomic E-state index is 13.0. The molecule has 1 fully saturated rings. The van der Waals surface area contributed by atoms with Crippen LogP contribution in [0.25, 0.3) is 0 Å². The van der Waals surface area contributed by atoms with Crippen LogP contribution in [0.15, 0.2) is 47.5 Å². The molecule has 2 aromatic rings. The molecule has 0 aliphatic carbocycles. The van der Waals surface area contributed by atoms with Crippen molar-refractivity contribution >= 4 is 15.8 Å². The molecule has 3 rings (SSSR count). The molecule has 0 amide bonds. The maximum Gasteiger partial charge on any atom is 0.243 e. The number of nitrogens with zero attached hydrogens (tertiary/aromatic N) is 2. The number of rotatable bonds is 4. The van der Waals surface area contributed by atoms with Gasteiger partial charge in [0.2, 0.25) is 10.0 Å². The largest absolute Gasteiger partial charge is 0.353 e. The molecule has 0 bridgehead atoms. The third-order valence-electron chi connectivity index (χ3n) is 4.40. The van der Waals surface area contributed by atoms with Gasteiger partial charge >= 0.3 is 0 Å².